The molecular weight excluding hydrogens is 243 g/mol. The Balaban J connectivity index is 1.79. The average Bonchev–Trinajstić information content (AvgIpc) is 2.80. The molecule has 0 bridgehead atoms. The summed E-state index contributed by atoms with van der Waals surface area (Å²) in [7, 11) is 0. The first-order chi connectivity index (χ1) is 9.15. The number of anilines is 1. The normalized spacial score (nSPS) is 17.6. The quantitative estimate of drug-likeness (QED) is 0.830. The number of aromatic nitrogens is 2. The predicted molar refractivity (Wildman–Crippen MR) is 75.2 cm³/mol. The Morgan fingerprint density at radius 3 is 2.58 bits per heavy atom. The Kier molecular flexibility index (Phi) is 3.14. The molecule has 0 spiro atoms. The Bertz CT molecular complexity index is 570. The Morgan fingerprint density at radius 2 is 1.89 bits per heavy atom. The average molecular weight is 262 g/mol. The molecule has 1 fully saturated rings. The molecular formula is C14H19FN4. The molecule has 0 amide bonds. The minimum Gasteiger partial charge on any atom is -0.369 e. The van der Waals surface area contributed by atoms with Gasteiger partial charge in [-0.15, -0.1) is 0 Å². The highest BCUT2D eigenvalue weighted by atomic mass is 19.2. The number of rotatable bonds is 2. The molecule has 1 saturated heterocycles. The van der Waals surface area contributed by atoms with E-state index < -0.39 is 0 Å². The maximum absolute atomic E-state index is 13.5. The first-order valence-corrected chi connectivity index (χ1v) is 6.77. The molecule has 2 aromatic rings. The molecule has 0 unspecified atom stereocenters. The van der Waals surface area contributed by atoms with E-state index in [2.05, 4.69) is 28.6 Å². The summed E-state index contributed by atoms with van der Waals surface area (Å²) in [5.74, 6) is 0. The molecule has 0 atom stereocenters. The van der Waals surface area contributed by atoms with Gasteiger partial charge in [-0.05, 0) is 32.0 Å². The molecule has 1 aromatic carbocycles. The first kappa shape index (κ1) is 12.4. The van der Waals surface area contributed by atoms with Crippen molar-refractivity contribution >= 4 is 16.7 Å². The van der Waals surface area contributed by atoms with E-state index in [9.17, 15) is 4.48 Å². The molecule has 5 heteroatoms. The van der Waals surface area contributed by atoms with E-state index in [1.807, 2.05) is 18.2 Å². The van der Waals surface area contributed by atoms with Crippen LogP contribution in [0.25, 0.3) is 11.0 Å². The van der Waals surface area contributed by atoms with Gasteiger partial charge in [-0.25, -0.2) is 4.98 Å². The van der Waals surface area contributed by atoms with Crippen molar-refractivity contribution in [2.24, 2.45) is 0 Å². The third-order valence-electron chi connectivity index (χ3n) is 3.90. The van der Waals surface area contributed by atoms with Crippen LogP contribution in [0.1, 0.15) is 13.8 Å². The summed E-state index contributed by atoms with van der Waals surface area (Å²) in [6.45, 7) is 8.55. The van der Waals surface area contributed by atoms with Crippen LogP contribution in [0.15, 0.2) is 24.5 Å². The van der Waals surface area contributed by atoms with Gasteiger partial charge < -0.3 is 4.90 Å². The molecule has 1 aromatic heterocycles. The number of nitrogens with zero attached hydrogens (tertiary/aromatic N) is 4. The second-order valence-corrected chi connectivity index (χ2v) is 5.35. The largest absolute Gasteiger partial charge is 0.369 e. The number of fused-ring (bicyclic) bond motifs is 1. The molecule has 102 valence electrons. The van der Waals surface area contributed by atoms with Gasteiger partial charge in [0.25, 0.3) is 0 Å². The molecule has 0 radical (unpaired) electrons. The Morgan fingerprint density at radius 1 is 1.16 bits per heavy atom. The van der Waals surface area contributed by atoms with Crippen molar-refractivity contribution in [3.05, 3.63) is 24.5 Å². The van der Waals surface area contributed by atoms with Crippen LogP contribution < -0.4 is 4.90 Å². The highest BCUT2D eigenvalue weighted by Crippen LogP contribution is 2.23. The van der Waals surface area contributed by atoms with Gasteiger partial charge in [0, 0.05) is 37.9 Å². The smallest absolute Gasteiger partial charge is 0.127 e. The van der Waals surface area contributed by atoms with Gasteiger partial charge in [-0.2, -0.15) is 4.79 Å². The second-order valence-electron chi connectivity index (χ2n) is 5.35. The van der Waals surface area contributed by atoms with Gasteiger partial charge in [0.1, 0.15) is 11.8 Å². The zero-order valence-corrected chi connectivity index (χ0v) is 11.4. The molecule has 0 aliphatic carbocycles. The van der Waals surface area contributed by atoms with Crippen LogP contribution in [0.2, 0.25) is 0 Å². The molecule has 0 N–H and O–H groups in total. The minimum atomic E-state index is 0.545. The number of hydrogen-bond acceptors (Lipinski definition) is 3. The molecule has 1 aliphatic heterocycles. The Labute approximate surface area is 112 Å². The maximum atomic E-state index is 13.5. The van der Waals surface area contributed by atoms with Crippen LogP contribution in [0.4, 0.5) is 10.2 Å². The number of imidazole rings is 1. The predicted octanol–water partition coefficient (Wildman–Crippen LogP) is 2.30. The topological polar surface area (TPSA) is 24.3 Å². The van der Waals surface area contributed by atoms with E-state index in [1.54, 1.807) is 0 Å². The molecule has 1 aliphatic rings. The van der Waals surface area contributed by atoms with Crippen molar-refractivity contribution in [1.29, 1.82) is 0 Å². The number of halogens is 1. The van der Waals surface area contributed by atoms with Gasteiger partial charge in [-0.1, -0.05) is 4.48 Å². The van der Waals surface area contributed by atoms with E-state index >= 15 is 0 Å². The third-order valence-corrected chi connectivity index (χ3v) is 3.90. The lowest BCUT2D eigenvalue weighted by atomic mass is 10.2. The first-order valence-electron chi connectivity index (χ1n) is 6.77. The molecule has 3 rings (SSSR count). The van der Waals surface area contributed by atoms with Gasteiger partial charge in [0.05, 0.1) is 5.52 Å². The summed E-state index contributed by atoms with van der Waals surface area (Å²) in [6, 6.07) is 6.39. The molecule has 19 heavy (non-hydrogen) atoms. The van der Waals surface area contributed by atoms with Crippen LogP contribution >= 0.6 is 0 Å². The van der Waals surface area contributed by atoms with Crippen LogP contribution in [-0.4, -0.2) is 46.9 Å². The van der Waals surface area contributed by atoms with Crippen LogP contribution in [0.5, 0.6) is 0 Å². The third kappa shape index (κ3) is 2.30. The van der Waals surface area contributed by atoms with E-state index in [-0.39, 0.29) is 0 Å². The maximum Gasteiger partial charge on any atom is 0.127 e. The van der Waals surface area contributed by atoms with E-state index in [4.69, 9.17) is 0 Å². The van der Waals surface area contributed by atoms with Crippen LogP contribution in [-0.2, 0) is 0 Å². The van der Waals surface area contributed by atoms with Crippen LogP contribution in [0.3, 0.4) is 0 Å². The van der Waals surface area contributed by atoms with Crippen molar-refractivity contribution in [2.75, 3.05) is 31.1 Å². The SMILES string of the molecule is CC(C)N1CCN(c2ccc3ncn(F)c3c2)CC1. The van der Waals surface area contributed by atoms with E-state index in [1.165, 1.54) is 6.33 Å². The van der Waals surface area contributed by atoms with Crippen molar-refractivity contribution in [3.8, 4) is 0 Å². The fourth-order valence-electron chi connectivity index (χ4n) is 2.66. The molecule has 4 nitrogen and oxygen atoms in total. The van der Waals surface area contributed by atoms with Gasteiger partial charge in [-0.3, -0.25) is 4.90 Å². The van der Waals surface area contributed by atoms with Gasteiger partial charge in [0.15, 0.2) is 0 Å². The fraction of sp³-hybridized carbons (Fsp3) is 0.500. The van der Waals surface area contributed by atoms with Crippen molar-refractivity contribution in [3.63, 3.8) is 0 Å². The van der Waals surface area contributed by atoms with E-state index in [0.29, 0.717) is 21.9 Å². The summed E-state index contributed by atoms with van der Waals surface area (Å²) < 4.78 is 13.5. The fourth-order valence-corrected chi connectivity index (χ4v) is 2.66. The summed E-state index contributed by atoms with van der Waals surface area (Å²) in [5.41, 5.74) is 2.33. The lowest BCUT2D eigenvalue weighted by Crippen LogP contribution is -2.48. The zero-order chi connectivity index (χ0) is 13.4. The van der Waals surface area contributed by atoms with Gasteiger partial charge in [0.2, 0.25) is 0 Å². The summed E-state index contributed by atoms with van der Waals surface area (Å²) in [4.78, 5) is 9.37. The molecule has 2 heterocycles. The summed E-state index contributed by atoms with van der Waals surface area (Å²) in [6.07, 6.45) is 1.21. The zero-order valence-electron chi connectivity index (χ0n) is 11.4. The van der Waals surface area contributed by atoms with Crippen molar-refractivity contribution < 1.29 is 4.48 Å². The monoisotopic (exact) mass is 262 g/mol. The van der Waals surface area contributed by atoms with Crippen LogP contribution in [0, 0.1) is 0 Å². The number of hydrogen-bond donors (Lipinski definition) is 0. The lowest BCUT2D eigenvalue weighted by Gasteiger charge is -2.38. The lowest BCUT2D eigenvalue weighted by molar-refractivity contribution is 0.209. The van der Waals surface area contributed by atoms with Gasteiger partial charge >= 0.3 is 0 Å². The second kappa shape index (κ2) is 4.81. The number of piperazine rings is 1. The molecule has 0 saturated carbocycles. The number of benzene rings is 1. The van der Waals surface area contributed by atoms with Crippen molar-refractivity contribution in [1.82, 2.24) is 14.7 Å². The summed E-state index contributed by atoms with van der Waals surface area (Å²) in [5, 5.41) is 0. The van der Waals surface area contributed by atoms with Crippen molar-refractivity contribution in [2.45, 2.75) is 19.9 Å². The highest BCUT2D eigenvalue weighted by Gasteiger charge is 2.19. The highest BCUT2D eigenvalue weighted by molar-refractivity contribution is 5.79. The standard InChI is InChI=1S/C14H19FN4/c1-11(2)17-5-7-18(8-6-17)12-3-4-13-14(9-12)19(15)10-16-13/h3-4,9-11H,5-8H2,1-2H3. The van der Waals surface area contributed by atoms with E-state index in [0.717, 1.165) is 31.9 Å². The summed E-state index contributed by atoms with van der Waals surface area (Å²) >= 11 is 0. The Hall–Kier alpha value is -1.62. The minimum absolute atomic E-state index is 0.545.